The van der Waals surface area contributed by atoms with Crippen molar-refractivity contribution in [3.63, 3.8) is 0 Å². The predicted octanol–water partition coefficient (Wildman–Crippen LogP) is 4.41. The van der Waals surface area contributed by atoms with Crippen molar-refractivity contribution in [2.45, 2.75) is 19.3 Å². The fourth-order valence-corrected chi connectivity index (χ4v) is 4.52. The van der Waals surface area contributed by atoms with E-state index in [1.54, 1.807) is 0 Å². The highest BCUT2D eigenvalue weighted by Gasteiger charge is 2.39. The molecular weight excluding hydrogens is 282 g/mol. The number of rotatable bonds is 2. The fourth-order valence-electron chi connectivity index (χ4n) is 4.52. The first kappa shape index (κ1) is 13.1. The van der Waals surface area contributed by atoms with Gasteiger partial charge in [0.05, 0.1) is 0 Å². The number of amides is 1. The van der Waals surface area contributed by atoms with Crippen LogP contribution in [-0.4, -0.2) is 5.91 Å². The SMILES string of the molecule is O=C(Nc1ccc2c(c1)-c1ccccc1C2)[C@@H]1C[C@H]2C=C[C@H]1C2. The first-order valence-corrected chi connectivity index (χ1v) is 8.48. The van der Waals surface area contributed by atoms with E-state index in [0.717, 1.165) is 24.9 Å². The molecule has 114 valence electrons. The summed E-state index contributed by atoms with van der Waals surface area (Å²) in [5, 5.41) is 3.16. The van der Waals surface area contributed by atoms with Crippen molar-refractivity contribution in [3.8, 4) is 11.1 Å². The summed E-state index contributed by atoms with van der Waals surface area (Å²) in [5.74, 6) is 1.43. The van der Waals surface area contributed by atoms with E-state index in [1.807, 2.05) is 6.07 Å². The maximum absolute atomic E-state index is 12.6. The molecule has 1 N–H and O–H groups in total. The second-order valence-corrected chi connectivity index (χ2v) is 7.08. The molecule has 0 spiro atoms. The van der Waals surface area contributed by atoms with Gasteiger partial charge in [0.15, 0.2) is 0 Å². The molecular formula is C21H19NO. The van der Waals surface area contributed by atoms with Gasteiger partial charge in [-0.25, -0.2) is 0 Å². The molecule has 0 heterocycles. The minimum atomic E-state index is 0.158. The van der Waals surface area contributed by atoms with Gasteiger partial charge in [-0.1, -0.05) is 42.5 Å². The zero-order valence-electron chi connectivity index (χ0n) is 13.0. The van der Waals surface area contributed by atoms with Crippen molar-refractivity contribution in [2.24, 2.45) is 17.8 Å². The van der Waals surface area contributed by atoms with Gasteiger partial charge in [0.1, 0.15) is 0 Å². The lowest BCUT2D eigenvalue weighted by Gasteiger charge is -2.18. The van der Waals surface area contributed by atoms with Crippen molar-refractivity contribution in [2.75, 3.05) is 5.32 Å². The zero-order valence-corrected chi connectivity index (χ0v) is 13.0. The highest BCUT2D eigenvalue weighted by molar-refractivity contribution is 5.94. The number of carbonyl (C=O) groups is 1. The molecule has 0 aliphatic heterocycles. The Morgan fingerprint density at radius 2 is 1.83 bits per heavy atom. The standard InChI is InChI=1S/C21H19NO/c23-21(20-10-13-5-6-15(20)9-13)22-17-8-7-16-11-14-3-1-2-4-18(14)19(16)12-17/h1-8,12-13,15,20H,9-11H2,(H,22,23)/t13-,15-,20+/m0/s1. The third-order valence-corrected chi connectivity index (χ3v) is 5.68. The smallest absolute Gasteiger partial charge is 0.228 e. The minimum Gasteiger partial charge on any atom is -0.326 e. The Bertz CT molecular complexity index is 835. The number of carbonyl (C=O) groups excluding carboxylic acids is 1. The van der Waals surface area contributed by atoms with Crippen molar-refractivity contribution >= 4 is 11.6 Å². The zero-order chi connectivity index (χ0) is 15.4. The number of hydrogen-bond acceptors (Lipinski definition) is 1. The van der Waals surface area contributed by atoms with Crippen LogP contribution < -0.4 is 5.32 Å². The maximum atomic E-state index is 12.6. The molecule has 0 aromatic heterocycles. The van der Waals surface area contributed by atoms with Crippen LogP contribution in [0.2, 0.25) is 0 Å². The van der Waals surface area contributed by atoms with E-state index >= 15 is 0 Å². The number of benzene rings is 2. The van der Waals surface area contributed by atoms with Crippen LogP contribution >= 0.6 is 0 Å². The fraction of sp³-hybridized carbons (Fsp3) is 0.286. The van der Waals surface area contributed by atoms with Crippen LogP contribution in [0.1, 0.15) is 24.0 Å². The second kappa shape index (κ2) is 4.82. The van der Waals surface area contributed by atoms with Crippen LogP contribution in [0.3, 0.4) is 0 Å². The molecule has 3 atom stereocenters. The monoisotopic (exact) mass is 301 g/mol. The minimum absolute atomic E-state index is 0.158. The van der Waals surface area contributed by atoms with Crippen LogP contribution in [0.4, 0.5) is 5.69 Å². The average Bonchev–Trinajstić information content (AvgIpc) is 3.28. The molecule has 2 bridgehead atoms. The Hall–Kier alpha value is -2.35. The molecule has 3 aliphatic rings. The number of nitrogens with one attached hydrogen (secondary N) is 1. The first-order valence-electron chi connectivity index (χ1n) is 8.48. The lowest BCUT2D eigenvalue weighted by Crippen LogP contribution is -2.25. The molecule has 23 heavy (non-hydrogen) atoms. The third-order valence-electron chi connectivity index (χ3n) is 5.68. The average molecular weight is 301 g/mol. The Balaban J connectivity index is 1.41. The van der Waals surface area contributed by atoms with Gasteiger partial charge in [0.2, 0.25) is 5.91 Å². The molecule has 2 aromatic rings. The Labute approximate surface area is 136 Å². The molecule has 1 fully saturated rings. The molecule has 3 aliphatic carbocycles. The molecule has 2 nitrogen and oxygen atoms in total. The van der Waals surface area contributed by atoms with Crippen molar-refractivity contribution < 1.29 is 4.79 Å². The van der Waals surface area contributed by atoms with Gasteiger partial charge >= 0.3 is 0 Å². The molecule has 0 saturated heterocycles. The highest BCUT2D eigenvalue weighted by Crippen LogP contribution is 2.44. The Morgan fingerprint density at radius 3 is 2.65 bits per heavy atom. The van der Waals surface area contributed by atoms with E-state index in [9.17, 15) is 4.79 Å². The van der Waals surface area contributed by atoms with E-state index in [4.69, 9.17) is 0 Å². The summed E-state index contributed by atoms with van der Waals surface area (Å²) in [7, 11) is 0. The summed E-state index contributed by atoms with van der Waals surface area (Å²) in [6.07, 6.45) is 7.69. The molecule has 1 amide bonds. The quantitative estimate of drug-likeness (QED) is 0.698. The first-order chi connectivity index (χ1) is 11.3. The Morgan fingerprint density at radius 1 is 0.957 bits per heavy atom. The van der Waals surface area contributed by atoms with Gasteiger partial charge in [-0.15, -0.1) is 0 Å². The molecule has 2 heteroatoms. The Kier molecular flexibility index (Phi) is 2.75. The van der Waals surface area contributed by atoms with Gasteiger partial charge in [-0.3, -0.25) is 4.79 Å². The number of allylic oxidation sites excluding steroid dienone is 2. The molecule has 1 saturated carbocycles. The van der Waals surface area contributed by atoms with Gasteiger partial charge in [-0.2, -0.15) is 0 Å². The largest absolute Gasteiger partial charge is 0.326 e. The van der Waals surface area contributed by atoms with E-state index in [0.29, 0.717) is 11.8 Å². The maximum Gasteiger partial charge on any atom is 0.228 e. The van der Waals surface area contributed by atoms with Gasteiger partial charge in [0.25, 0.3) is 0 Å². The second-order valence-electron chi connectivity index (χ2n) is 7.08. The van der Waals surface area contributed by atoms with E-state index in [1.165, 1.54) is 22.3 Å². The summed E-state index contributed by atoms with van der Waals surface area (Å²) >= 11 is 0. The lowest BCUT2D eigenvalue weighted by atomic mass is 9.92. The number of hydrogen-bond donors (Lipinski definition) is 1. The van der Waals surface area contributed by atoms with E-state index in [-0.39, 0.29) is 11.8 Å². The third kappa shape index (κ3) is 2.05. The summed E-state index contributed by atoms with van der Waals surface area (Å²) in [5.41, 5.74) is 6.24. The van der Waals surface area contributed by atoms with Crippen LogP contribution in [0.15, 0.2) is 54.6 Å². The summed E-state index contributed by atoms with van der Waals surface area (Å²) in [4.78, 5) is 12.6. The van der Waals surface area contributed by atoms with E-state index in [2.05, 4.69) is 53.9 Å². The normalized spacial score (nSPS) is 26.2. The van der Waals surface area contributed by atoms with Gasteiger partial charge in [0, 0.05) is 11.6 Å². The predicted molar refractivity (Wildman–Crippen MR) is 92.2 cm³/mol. The van der Waals surface area contributed by atoms with E-state index < -0.39 is 0 Å². The van der Waals surface area contributed by atoms with Crippen molar-refractivity contribution in [1.29, 1.82) is 0 Å². The molecule has 5 rings (SSSR count). The summed E-state index contributed by atoms with van der Waals surface area (Å²) in [6.45, 7) is 0. The highest BCUT2D eigenvalue weighted by atomic mass is 16.1. The topological polar surface area (TPSA) is 29.1 Å². The number of fused-ring (bicyclic) bond motifs is 5. The summed E-state index contributed by atoms with van der Waals surface area (Å²) < 4.78 is 0. The molecule has 0 radical (unpaired) electrons. The molecule has 2 aromatic carbocycles. The van der Waals surface area contributed by atoms with Gasteiger partial charge in [-0.05, 0) is 65.5 Å². The number of anilines is 1. The van der Waals surface area contributed by atoms with Crippen LogP contribution in [0, 0.1) is 17.8 Å². The van der Waals surface area contributed by atoms with Crippen molar-refractivity contribution in [3.05, 3.63) is 65.7 Å². The van der Waals surface area contributed by atoms with Gasteiger partial charge < -0.3 is 5.32 Å². The van der Waals surface area contributed by atoms with Crippen molar-refractivity contribution in [1.82, 2.24) is 0 Å². The lowest BCUT2D eigenvalue weighted by molar-refractivity contribution is -0.120. The van der Waals surface area contributed by atoms with Crippen LogP contribution in [0.5, 0.6) is 0 Å². The molecule has 0 unspecified atom stereocenters. The summed E-state index contributed by atoms with van der Waals surface area (Å²) in [6, 6.07) is 14.9. The van der Waals surface area contributed by atoms with Crippen LogP contribution in [0.25, 0.3) is 11.1 Å². The van der Waals surface area contributed by atoms with Crippen LogP contribution in [-0.2, 0) is 11.2 Å².